The third-order valence-corrected chi connectivity index (χ3v) is 7.14. The summed E-state index contributed by atoms with van der Waals surface area (Å²) in [6.07, 6.45) is 10.1. The molecule has 1 heterocycles. The van der Waals surface area contributed by atoms with Crippen LogP contribution in [0, 0.1) is 5.92 Å². The van der Waals surface area contributed by atoms with Gasteiger partial charge in [-0.1, -0.05) is 25.0 Å². The fourth-order valence-corrected chi connectivity index (χ4v) is 5.22. The summed E-state index contributed by atoms with van der Waals surface area (Å²) in [5.41, 5.74) is 1.60. The predicted octanol–water partition coefficient (Wildman–Crippen LogP) is 4.06. The van der Waals surface area contributed by atoms with Crippen LogP contribution in [0.1, 0.15) is 25.7 Å². The van der Waals surface area contributed by atoms with E-state index in [9.17, 15) is 0 Å². The molecule has 0 bridgehead atoms. The third-order valence-electron chi connectivity index (χ3n) is 3.73. The molecule has 2 heteroatoms. The van der Waals surface area contributed by atoms with Crippen molar-refractivity contribution < 1.29 is 0 Å². The first-order chi connectivity index (χ1) is 7.68. The predicted molar refractivity (Wildman–Crippen MR) is 75.5 cm³/mol. The zero-order valence-electron chi connectivity index (χ0n) is 10.5. The van der Waals surface area contributed by atoms with Gasteiger partial charge in [-0.3, -0.25) is 4.31 Å². The highest BCUT2D eigenvalue weighted by Gasteiger charge is 2.28. The van der Waals surface area contributed by atoms with Gasteiger partial charge in [-0.15, -0.1) is 16.8 Å². The Morgan fingerprint density at radius 1 is 1.44 bits per heavy atom. The number of hydrogen-bond donors (Lipinski definition) is 0. The Kier molecular flexibility index (Phi) is 3.60. The minimum atomic E-state index is -0.842. The van der Waals surface area contributed by atoms with E-state index in [-0.39, 0.29) is 0 Å². The molecular weight excluding hydrogens is 214 g/mol. The normalized spacial score (nSPS) is 34.1. The molecule has 1 fully saturated rings. The van der Waals surface area contributed by atoms with Crippen molar-refractivity contribution >= 4 is 10.2 Å². The van der Waals surface area contributed by atoms with E-state index in [0.29, 0.717) is 0 Å². The second-order valence-corrected chi connectivity index (χ2v) is 8.17. The molecule has 1 aliphatic carbocycles. The van der Waals surface area contributed by atoms with E-state index in [0.717, 1.165) is 11.7 Å². The van der Waals surface area contributed by atoms with Crippen LogP contribution in [0.25, 0.3) is 0 Å². The van der Waals surface area contributed by atoms with E-state index in [2.05, 4.69) is 47.9 Å². The van der Waals surface area contributed by atoms with Crippen LogP contribution in [0.3, 0.4) is 0 Å². The maximum Gasteiger partial charge on any atom is 0.0141 e. The molecule has 0 aromatic rings. The SMILES string of the molecule is C=CCS1(N(C)C)C=CC(C2CCCC2)=C1. The van der Waals surface area contributed by atoms with Gasteiger partial charge in [-0.2, -0.15) is 0 Å². The van der Waals surface area contributed by atoms with E-state index < -0.39 is 10.2 Å². The van der Waals surface area contributed by atoms with Gasteiger partial charge in [0.15, 0.2) is 0 Å². The van der Waals surface area contributed by atoms with Gasteiger partial charge >= 0.3 is 0 Å². The molecule has 0 spiro atoms. The summed E-state index contributed by atoms with van der Waals surface area (Å²) >= 11 is 0. The molecular formula is C14H23NS. The van der Waals surface area contributed by atoms with Crippen LogP contribution in [0.5, 0.6) is 0 Å². The van der Waals surface area contributed by atoms with Crippen LogP contribution in [0.4, 0.5) is 0 Å². The summed E-state index contributed by atoms with van der Waals surface area (Å²) in [5, 5.41) is 4.98. The van der Waals surface area contributed by atoms with E-state index in [1.54, 1.807) is 5.57 Å². The van der Waals surface area contributed by atoms with Crippen molar-refractivity contribution in [3.05, 3.63) is 35.1 Å². The first-order valence-electron chi connectivity index (χ1n) is 6.17. The van der Waals surface area contributed by atoms with Gasteiger partial charge in [-0.05, 0) is 49.2 Å². The minimum Gasteiger partial charge on any atom is -0.267 e. The Hall–Kier alpha value is -0.470. The van der Waals surface area contributed by atoms with Gasteiger partial charge in [0.05, 0.1) is 0 Å². The van der Waals surface area contributed by atoms with Crippen molar-refractivity contribution in [2.75, 3.05) is 19.8 Å². The monoisotopic (exact) mass is 237 g/mol. The lowest BCUT2D eigenvalue weighted by atomic mass is 9.99. The van der Waals surface area contributed by atoms with Crippen molar-refractivity contribution in [3.63, 3.8) is 0 Å². The number of hydrogen-bond acceptors (Lipinski definition) is 1. The topological polar surface area (TPSA) is 3.24 Å². The Morgan fingerprint density at radius 3 is 2.69 bits per heavy atom. The highest BCUT2D eigenvalue weighted by molar-refractivity contribution is 8.36. The van der Waals surface area contributed by atoms with E-state index in [1.807, 2.05) is 0 Å². The van der Waals surface area contributed by atoms with E-state index in [1.165, 1.54) is 25.7 Å². The molecule has 1 aliphatic heterocycles. The van der Waals surface area contributed by atoms with Crippen molar-refractivity contribution in [3.8, 4) is 0 Å². The van der Waals surface area contributed by atoms with Crippen LogP contribution in [-0.2, 0) is 0 Å². The van der Waals surface area contributed by atoms with Crippen molar-refractivity contribution in [1.29, 1.82) is 0 Å². The molecule has 0 aromatic heterocycles. The van der Waals surface area contributed by atoms with E-state index in [4.69, 9.17) is 0 Å². The number of nitrogens with zero attached hydrogens (tertiary/aromatic N) is 1. The standard InChI is InChI=1S/C14H23NS/c1-4-10-16(15(2)3)11-9-14(12-16)13-7-5-6-8-13/h4,9,11-13H,1,5-8,10H2,2-3H3. The zero-order chi connectivity index (χ0) is 11.6. The smallest absolute Gasteiger partial charge is 0.0141 e. The van der Waals surface area contributed by atoms with E-state index >= 15 is 0 Å². The van der Waals surface area contributed by atoms with Gasteiger partial charge in [0.1, 0.15) is 0 Å². The molecule has 2 aliphatic rings. The fourth-order valence-electron chi connectivity index (χ4n) is 2.67. The summed E-state index contributed by atoms with van der Waals surface area (Å²) in [4.78, 5) is 0. The Morgan fingerprint density at radius 2 is 2.12 bits per heavy atom. The van der Waals surface area contributed by atoms with Gasteiger partial charge < -0.3 is 0 Å². The molecule has 1 atom stereocenters. The molecule has 0 amide bonds. The van der Waals surface area contributed by atoms with Crippen LogP contribution in [-0.4, -0.2) is 24.2 Å². The Balaban J connectivity index is 2.18. The lowest BCUT2D eigenvalue weighted by Gasteiger charge is -2.38. The average Bonchev–Trinajstić information content (AvgIpc) is 2.84. The minimum absolute atomic E-state index is 0.842. The third kappa shape index (κ3) is 2.14. The lowest BCUT2D eigenvalue weighted by molar-refractivity contribution is 0.658. The molecule has 90 valence electrons. The average molecular weight is 237 g/mol. The number of allylic oxidation sites excluding steroid dienone is 2. The quantitative estimate of drug-likeness (QED) is 0.667. The molecule has 1 unspecified atom stereocenters. The van der Waals surface area contributed by atoms with Crippen LogP contribution in [0.2, 0.25) is 0 Å². The summed E-state index contributed by atoms with van der Waals surface area (Å²) in [6.45, 7) is 3.91. The Bertz CT molecular complexity index is 324. The zero-order valence-corrected chi connectivity index (χ0v) is 11.3. The van der Waals surface area contributed by atoms with Crippen LogP contribution < -0.4 is 0 Å². The molecule has 0 aromatic carbocycles. The molecule has 2 rings (SSSR count). The summed E-state index contributed by atoms with van der Waals surface area (Å²) in [6, 6.07) is 0. The summed E-state index contributed by atoms with van der Waals surface area (Å²) < 4.78 is 2.38. The first kappa shape index (κ1) is 12.0. The number of rotatable bonds is 4. The lowest BCUT2D eigenvalue weighted by Crippen LogP contribution is -2.17. The maximum absolute atomic E-state index is 3.91. The van der Waals surface area contributed by atoms with Gasteiger partial charge in [0, 0.05) is 5.75 Å². The highest BCUT2D eigenvalue weighted by atomic mass is 32.3. The van der Waals surface area contributed by atoms with Crippen molar-refractivity contribution in [2.24, 2.45) is 5.92 Å². The molecule has 16 heavy (non-hydrogen) atoms. The molecule has 0 radical (unpaired) electrons. The molecule has 0 N–H and O–H groups in total. The second-order valence-electron chi connectivity index (χ2n) is 4.98. The fraction of sp³-hybridized carbons (Fsp3) is 0.571. The van der Waals surface area contributed by atoms with Gasteiger partial charge in [0.2, 0.25) is 0 Å². The highest BCUT2D eigenvalue weighted by Crippen LogP contribution is 2.58. The van der Waals surface area contributed by atoms with Gasteiger partial charge in [0.25, 0.3) is 0 Å². The summed E-state index contributed by atoms with van der Waals surface area (Å²) in [7, 11) is 3.54. The largest absolute Gasteiger partial charge is 0.267 e. The maximum atomic E-state index is 3.91. The Labute approximate surface area is 101 Å². The molecule has 1 saturated carbocycles. The van der Waals surface area contributed by atoms with Crippen LogP contribution >= 0.6 is 10.2 Å². The first-order valence-corrected chi connectivity index (χ1v) is 8.05. The van der Waals surface area contributed by atoms with Crippen molar-refractivity contribution in [2.45, 2.75) is 25.7 Å². The molecule has 1 nitrogen and oxygen atoms in total. The van der Waals surface area contributed by atoms with Crippen LogP contribution in [0.15, 0.2) is 35.1 Å². The molecule has 0 saturated heterocycles. The van der Waals surface area contributed by atoms with Crippen molar-refractivity contribution in [1.82, 2.24) is 4.31 Å². The summed E-state index contributed by atoms with van der Waals surface area (Å²) in [5.74, 6) is 1.93. The second kappa shape index (κ2) is 4.80. The van der Waals surface area contributed by atoms with Gasteiger partial charge in [-0.25, -0.2) is 0 Å².